The number of morpholine rings is 2. The Bertz CT molecular complexity index is 1640. The number of carbonyl (C=O) groups is 2. The largest absolute Gasteiger partial charge is 0.493 e. The van der Waals surface area contributed by atoms with Crippen LogP contribution in [-0.4, -0.2) is 113 Å². The first-order valence-corrected chi connectivity index (χ1v) is 17.8. The second-order valence-electron chi connectivity index (χ2n) is 13.1. The van der Waals surface area contributed by atoms with Gasteiger partial charge in [0, 0.05) is 31.7 Å². The van der Waals surface area contributed by atoms with Gasteiger partial charge in [-0.05, 0) is 67.7 Å². The van der Waals surface area contributed by atoms with Crippen LogP contribution in [0.3, 0.4) is 0 Å². The predicted molar refractivity (Wildman–Crippen MR) is 192 cm³/mol. The number of likely N-dealkylation sites (tertiary alicyclic amines) is 1. The van der Waals surface area contributed by atoms with Crippen molar-refractivity contribution < 1.29 is 33.3 Å². The van der Waals surface area contributed by atoms with Crippen LogP contribution in [0.5, 0.6) is 17.2 Å². The number of nitrogens with zero attached hydrogens (tertiary/aromatic N) is 3. The van der Waals surface area contributed by atoms with E-state index in [0.717, 1.165) is 24.2 Å². The number of ether oxygens (including phenoxy) is 5. The quantitative estimate of drug-likeness (QED) is 0.264. The molecule has 3 saturated heterocycles. The summed E-state index contributed by atoms with van der Waals surface area (Å²) in [5.74, 6) is 1.24. The Hall–Kier alpha value is -3.54. The molecular weight excluding hydrogens is 681 g/mol. The normalized spacial score (nSPS) is 21.1. The van der Waals surface area contributed by atoms with Gasteiger partial charge in [-0.2, -0.15) is 0 Å². The second kappa shape index (κ2) is 15.8. The summed E-state index contributed by atoms with van der Waals surface area (Å²) in [6.07, 6.45) is 2.01. The van der Waals surface area contributed by atoms with Crippen molar-refractivity contribution >= 4 is 35.0 Å². The van der Waals surface area contributed by atoms with Gasteiger partial charge in [-0.15, -0.1) is 0 Å². The lowest BCUT2D eigenvalue weighted by molar-refractivity contribution is -0.144. The summed E-state index contributed by atoms with van der Waals surface area (Å²) < 4.78 is 28.7. The fraction of sp³-hybridized carbons (Fsp3) is 0.474. The van der Waals surface area contributed by atoms with Crippen LogP contribution in [0.1, 0.15) is 40.7 Å². The minimum Gasteiger partial charge on any atom is -0.493 e. The second-order valence-corrected chi connectivity index (χ2v) is 13.9. The summed E-state index contributed by atoms with van der Waals surface area (Å²) in [6, 6.07) is 19.1. The first kappa shape index (κ1) is 36.3. The molecule has 0 aliphatic carbocycles. The third-order valence-electron chi connectivity index (χ3n) is 10.4. The standard InChI is InChI=1S/C38H45Cl2N3O7/c1-46-32-23-27(24-33(47-2)34(32)48-3)35(44)43-19-22-50-38(26-43,29-9-10-30(39)31(40)25-29)13-16-41-14-11-37(12-15-41,28-7-5-4-6-8-28)36(45)42-17-20-49-21-18-42/h4-10,23-25H,11-22,26H2,1-3H3. The van der Waals surface area contributed by atoms with E-state index in [1.165, 1.54) is 21.3 Å². The Labute approximate surface area is 304 Å². The molecule has 1 atom stereocenters. The maximum atomic E-state index is 14.2. The summed E-state index contributed by atoms with van der Waals surface area (Å²) in [4.78, 5) is 34.4. The molecule has 6 rings (SSSR count). The van der Waals surface area contributed by atoms with Gasteiger partial charge in [-0.1, -0.05) is 59.6 Å². The summed E-state index contributed by atoms with van der Waals surface area (Å²) in [7, 11) is 4.58. The van der Waals surface area contributed by atoms with Crippen molar-refractivity contribution in [2.75, 3.05) is 87.0 Å². The average molecular weight is 727 g/mol. The van der Waals surface area contributed by atoms with Gasteiger partial charge in [0.05, 0.1) is 63.2 Å². The molecule has 0 bridgehead atoms. The Kier molecular flexibility index (Phi) is 11.4. The van der Waals surface area contributed by atoms with E-state index in [1.807, 2.05) is 40.1 Å². The van der Waals surface area contributed by atoms with Crippen molar-refractivity contribution in [1.82, 2.24) is 14.7 Å². The number of methoxy groups -OCH3 is 3. The number of hydrogen-bond donors (Lipinski definition) is 0. The molecule has 3 heterocycles. The zero-order valence-electron chi connectivity index (χ0n) is 28.9. The highest BCUT2D eigenvalue weighted by Gasteiger charge is 2.46. The van der Waals surface area contributed by atoms with Crippen LogP contribution >= 0.6 is 23.2 Å². The lowest BCUT2D eigenvalue weighted by atomic mass is 9.71. The number of piperidine rings is 1. The molecule has 12 heteroatoms. The van der Waals surface area contributed by atoms with Gasteiger partial charge < -0.3 is 38.4 Å². The monoisotopic (exact) mass is 725 g/mol. The molecule has 0 saturated carbocycles. The molecule has 0 radical (unpaired) electrons. The molecule has 0 N–H and O–H groups in total. The fourth-order valence-corrected chi connectivity index (χ4v) is 7.84. The summed E-state index contributed by atoms with van der Waals surface area (Å²) >= 11 is 12.9. The van der Waals surface area contributed by atoms with E-state index < -0.39 is 11.0 Å². The van der Waals surface area contributed by atoms with Crippen LogP contribution in [0.2, 0.25) is 10.0 Å². The number of carbonyl (C=O) groups excluding carboxylic acids is 2. The maximum Gasteiger partial charge on any atom is 0.254 e. The van der Waals surface area contributed by atoms with E-state index in [1.54, 1.807) is 18.2 Å². The van der Waals surface area contributed by atoms with E-state index in [4.69, 9.17) is 46.9 Å². The molecular formula is C38H45Cl2N3O7. The molecule has 50 heavy (non-hydrogen) atoms. The van der Waals surface area contributed by atoms with Crippen molar-refractivity contribution in [3.05, 3.63) is 87.4 Å². The van der Waals surface area contributed by atoms with Gasteiger partial charge in [0.25, 0.3) is 5.91 Å². The van der Waals surface area contributed by atoms with Crippen molar-refractivity contribution in [1.29, 1.82) is 0 Å². The molecule has 2 amide bonds. The minimum absolute atomic E-state index is 0.177. The third kappa shape index (κ3) is 7.27. The SMILES string of the molecule is COc1cc(C(=O)N2CCOC(CCN3CCC(C(=O)N4CCOCC4)(c4ccccc4)CC3)(c3ccc(Cl)c(Cl)c3)C2)cc(OC)c1OC. The Balaban J connectivity index is 1.23. The molecule has 3 aliphatic rings. The van der Waals surface area contributed by atoms with Crippen LogP contribution in [0.15, 0.2) is 60.7 Å². The summed E-state index contributed by atoms with van der Waals surface area (Å²) in [6.45, 7) is 5.61. The van der Waals surface area contributed by atoms with Gasteiger partial charge in [-0.3, -0.25) is 9.59 Å². The molecule has 0 aromatic heterocycles. The molecule has 3 fully saturated rings. The zero-order chi connectivity index (χ0) is 35.3. The van der Waals surface area contributed by atoms with Gasteiger partial charge in [0.2, 0.25) is 11.7 Å². The van der Waals surface area contributed by atoms with Crippen molar-refractivity contribution in [3.8, 4) is 17.2 Å². The van der Waals surface area contributed by atoms with Crippen LogP contribution in [-0.2, 0) is 25.3 Å². The minimum atomic E-state index is -0.847. The van der Waals surface area contributed by atoms with Crippen LogP contribution in [0, 0.1) is 0 Å². The maximum absolute atomic E-state index is 14.2. The highest BCUT2D eigenvalue weighted by atomic mass is 35.5. The average Bonchev–Trinajstić information content (AvgIpc) is 3.17. The zero-order valence-corrected chi connectivity index (χ0v) is 30.4. The van der Waals surface area contributed by atoms with Gasteiger partial charge in [-0.25, -0.2) is 0 Å². The van der Waals surface area contributed by atoms with Gasteiger partial charge in [0.15, 0.2) is 11.5 Å². The lowest BCUT2D eigenvalue weighted by Crippen LogP contribution is -2.56. The molecule has 3 aliphatic heterocycles. The molecule has 0 spiro atoms. The van der Waals surface area contributed by atoms with E-state index >= 15 is 0 Å². The van der Waals surface area contributed by atoms with E-state index in [-0.39, 0.29) is 11.8 Å². The van der Waals surface area contributed by atoms with Crippen molar-refractivity contribution in [2.24, 2.45) is 0 Å². The third-order valence-corrected chi connectivity index (χ3v) is 11.1. The van der Waals surface area contributed by atoms with Crippen LogP contribution < -0.4 is 14.2 Å². The Morgan fingerprint density at radius 1 is 0.760 bits per heavy atom. The molecule has 1 unspecified atom stereocenters. The number of amides is 2. The number of benzene rings is 3. The smallest absolute Gasteiger partial charge is 0.254 e. The molecule has 10 nitrogen and oxygen atoms in total. The molecule has 3 aromatic rings. The predicted octanol–water partition coefficient (Wildman–Crippen LogP) is 5.67. The van der Waals surface area contributed by atoms with Crippen LogP contribution in [0.25, 0.3) is 0 Å². The van der Waals surface area contributed by atoms with Crippen molar-refractivity contribution in [2.45, 2.75) is 30.3 Å². The van der Waals surface area contributed by atoms with Gasteiger partial charge >= 0.3 is 0 Å². The number of rotatable bonds is 10. The van der Waals surface area contributed by atoms with E-state index in [9.17, 15) is 9.59 Å². The first-order chi connectivity index (χ1) is 24.2. The summed E-state index contributed by atoms with van der Waals surface area (Å²) in [5.41, 5.74) is 0.914. The summed E-state index contributed by atoms with van der Waals surface area (Å²) in [5, 5.41) is 0.873. The number of hydrogen-bond acceptors (Lipinski definition) is 8. The fourth-order valence-electron chi connectivity index (χ4n) is 7.54. The van der Waals surface area contributed by atoms with Gasteiger partial charge in [0.1, 0.15) is 5.60 Å². The number of halogens is 2. The van der Waals surface area contributed by atoms with Crippen molar-refractivity contribution in [3.63, 3.8) is 0 Å². The van der Waals surface area contributed by atoms with E-state index in [0.29, 0.717) is 105 Å². The molecule has 3 aromatic carbocycles. The highest BCUT2D eigenvalue weighted by molar-refractivity contribution is 6.42. The first-order valence-electron chi connectivity index (χ1n) is 17.1. The Morgan fingerprint density at radius 3 is 2.04 bits per heavy atom. The molecule has 268 valence electrons. The highest BCUT2D eigenvalue weighted by Crippen LogP contribution is 2.42. The lowest BCUT2D eigenvalue weighted by Gasteiger charge is -2.46. The van der Waals surface area contributed by atoms with E-state index in [2.05, 4.69) is 17.0 Å². The Morgan fingerprint density at radius 2 is 1.42 bits per heavy atom. The topological polar surface area (TPSA) is 90.0 Å². The van der Waals surface area contributed by atoms with Crippen LogP contribution in [0.4, 0.5) is 0 Å².